The third-order valence-corrected chi connectivity index (χ3v) is 11.9. The summed E-state index contributed by atoms with van der Waals surface area (Å²) in [5.41, 5.74) is 4.51. The topological polar surface area (TPSA) is 107 Å². The molecule has 4 aliphatic rings. The fraction of sp³-hybridized carbons (Fsp3) is 0.263. The van der Waals surface area contributed by atoms with Gasteiger partial charge in [-0.2, -0.15) is 5.01 Å². The number of anilines is 1. The van der Waals surface area contributed by atoms with Crippen molar-refractivity contribution in [3.05, 3.63) is 128 Å². The predicted molar refractivity (Wildman–Crippen MR) is 182 cm³/mol. The van der Waals surface area contributed by atoms with Crippen LogP contribution in [-0.2, 0) is 31.1 Å². The Morgan fingerprint density at radius 3 is 2.41 bits per heavy atom. The first-order valence-corrected chi connectivity index (χ1v) is 17.4. The van der Waals surface area contributed by atoms with Gasteiger partial charge in [-0.1, -0.05) is 53.6 Å². The van der Waals surface area contributed by atoms with Gasteiger partial charge in [0.25, 0.3) is 11.8 Å². The molecule has 248 valence electrons. The molecule has 1 saturated carbocycles. The van der Waals surface area contributed by atoms with E-state index in [1.54, 1.807) is 43.3 Å². The lowest BCUT2D eigenvalue weighted by Crippen LogP contribution is -2.53. The number of likely N-dealkylation sites (tertiary alicyclic amines) is 1. The minimum absolute atomic E-state index is 0.0834. The van der Waals surface area contributed by atoms with Crippen molar-refractivity contribution < 1.29 is 28.7 Å². The van der Waals surface area contributed by atoms with E-state index in [4.69, 9.17) is 11.6 Å². The number of benzene rings is 3. The average molecular weight is 696 g/mol. The first kappa shape index (κ1) is 31.5. The minimum atomic E-state index is -1.48. The summed E-state index contributed by atoms with van der Waals surface area (Å²) in [4.78, 5) is 60.1. The number of hydrogen-bond donors (Lipinski definition) is 2. The fourth-order valence-corrected chi connectivity index (χ4v) is 9.49. The number of aryl methyl sites for hydroxylation is 1. The number of hydrazine groups is 1. The Morgan fingerprint density at radius 1 is 0.959 bits per heavy atom. The van der Waals surface area contributed by atoms with Crippen LogP contribution in [0.15, 0.2) is 95.9 Å². The SMILES string of the molecule is Cc1cc(C2C3=CCC4C(=O)N(Cc5cccs5)C(=O)C4C3CC3C(=O)N(Nc4ccc(F)cc4)C(=O)C32c2ccc(Cl)cc2)ccc1O. The van der Waals surface area contributed by atoms with Gasteiger partial charge in [0.05, 0.1) is 35.4 Å². The zero-order valence-corrected chi connectivity index (χ0v) is 27.9. The van der Waals surface area contributed by atoms with Crippen molar-refractivity contribution in [2.24, 2.45) is 23.7 Å². The molecule has 2 N–H and O–H groups in total. The van der Waals surface area contributed by atoms with Crippen LogP contribution >= 0.6 is 22.9 Å². The number of carbonyl (C=O) groups is 4. The number of carbonyl (C=O) groups excluding carboxylic acids is 4. The molecule has 0 bridgehead atoms. The second kappa shape index (κ2) is 11.7. The first-order valence-electron chi connectivity index (χ1n) is 16.1. The van der Waals surface area contributed by atoms with Crippen LogP contribution in [0.5, 0.6) is 5.75 Å². The Hall–Kier alpha value is -4.80. The average Bonchev–Trinajstić information content (AvgIpc) is 3.76. The second-order valence-corrected chi connectivity index (χ2v) is 14.7. The number of phenolic OH excluding ortho intramolecular Hbond substituents is 1. The number of imide groups is 2. The molecule has 11 heteroatoms. The summed E-state index contributed by atoms with van der Waals surface area (Å²) in [5.74, 6) is -5.31. The molecule has 8 nitrogen and oxygen atoms in total. The van der Waals surface area contributed by atoms with Crippen molar-refractivity contribution in [2.75, 3.05) is 5.43 Å². The first-order chi connectivity index (χ1) is 23.6. The minimum Gasteiger partial charge on any atom is -0.508 e. The van der Waals surface area contributed by atoms with Gasteiger partial charge in [0.15, 0.2) is 0 Å². The second-order valence-electron chi connectivity index (χ2n) is 13.3. The highest BCUT2D eigenvalue weighted by molar-refractivity contribution is 7.09. The maximum absolute atomic E-state index is 15.1. The predicted octanol–water partition coefficient (Wildman–Crippen LogP) is 6.74. The van der Waals surface area contributed by atoms with Gasteiger partial charge in [-0.15, -0.1) is 11.3 Å². The normalized spacial score (nSPS) is 27.6. The van der Waals surface area contributed by atoms with Crippen molar-refractivity contribution in [2.45, 2.75) is 37.6 Å². The van der Waals surface area contributed by atoms with E-state index in [0.717, 1.165) is 15.5 Å². The number of nitrogens with zero attached hydrogens (tertiary/aromatic N) is 2. The highest BCUT2D eigenvalue weighted by Crippen LogP contribution is 2.64. The monoisotopic (exact) mass is 695 g/mol. The molecule has 6 atom stereocenters. The summed E-state index contributed by atoms with van der Waals surface area (Å²) in [6.07, 6.45) is 2.47. The van der Waals surface area contributed by atoms with Gasteiger partial charge in [0.1, 0.15) is 11.6 Å². The highest BCUT2D eigenvalue weighted by Gasteiger charge is 2.70. The van der Waals surface area contributed by atoms with Gasteiger partial charge < -0.3 is 5.11 Å². The highest BCUT2D eigenvalue weighted by atomic mass is 35.5. The number of nitrogens with one attached hydrogen (secondary N) is 1. The van der Waals surface area contributed by atoms with E-state index in [9.17, 15) is 23.9 Å². The molecule has 2 aliphatic carbocycles. The smallest absolute Gasteiger partial charge is 0.260 e. The Labute approximate surface area is 290 Å². The molecule has 2 aliphatic heterocycles. The zero-order valence-electron chi connectivity index (χ0n) is 26.3. The lowest BCUT2D eigenvalue weighted by atomic mass is 9.49. The molecule has 8 rings (SSSR count). The molecule has 3 heterocycles. The molecule has 49 heavy (non-hydrogen) atoms. The number of fused-ring (bicyclic) bond motifs is 4. The van der Waals surface area contributed by atoms with Gasteiger partial charge in [0, 0.05) is 15.8 Å². The van der Waals surface area contributed by atoms with Gasteiger partial charge in [-0.05, 0) is 96.3 Å². The molecule has 3 aromatic carbocycles. The molecule has 6 unspecified atom stereocenters. The number of thiophene rings is 1. The maximum Gasteiger partial charge on any atom is 0.260 e. The van der Waals surface area contributed by atoms with E-state index in [-0.39, 0.29) is 30.5 Å². The molecule has 3 fully saturated rings. The summed E-state index contributed by atoms with van der Waals surface area (Å²) in [6.45, 7) is 1.96. The van der Waals surface area contributed by atoms with Crippen LogP contribution in [-0.4, -0.2) is 38.6 Å². The van der Waals surface area contributed by atoms with E-state index >= 15 is 4.79 Å². The van der Waals surface area contributed by atoms with Crippen LogP contribution in [0, 0.1) is 36.4 Å². The quantitative estimate of drug-likeness (QED) is 0.171. The van der Waals surface area contributed by atoms with Crippen molar-refractivity contribution in [1.82, 2.24) is 9.91 Å². The van der Waals surface area contributed by atoms with E-state index < -0.39 is 52.6 Å². The Morgan fingerprint density at radius 2 is 1.71 bits per heavy atom. The van der Waals surface area contributed by atoms with Gasteiger partial charge >= 0.3 is 0 Å². The number of amides is 4. The molecule has 0 spiro atoms. The fourth-order valence-electron chi connectivity index (χ4n) is 8.67. The van der Waals surface area contributed by atoms with Crippen molar-refractivity contribution in [1.29, 1.82) is 0 Å². The van der Waals surface area contributed by atoms with E-state index in [0.29, 0.717) is 33.8 Å². The molecule has 4 amide bonds. The van der Waals surface area contributed by atoms with E-state index in [2.05, 4.69) is 5.43 Å². The van der Waals surface area contributed by atoms with Crippen molar-refractivity contribution >= 4 is 52.3 Å². The molecule has 1 aromatic heterocycles. The van der Waals surface area contributed by atoms with Gasteiger partial charge in [-0.3, -0.25) is 29.5 Å². The largest absolute Gasteiger partial charge is 0.508 e. The molecule has 2 saturated heterocycles. The molecular formula is C38H31ClFN3O5S. The number of halogens is 2. The van der Waals surface area contributed by atoms with Gasteiger partial charge in [-0.25, -0.2) is 4.39 Å². The molecule has 4 aromatic rings. The Bertz CT molecular complexity index is 2050. The van der Waals surface area contributed by atoms with Crippen LogP contribution in [0.4, 0.5) is 10.1 Å². The van der Waals surface area contributed by atoms with Crippen LogP contribution in [0.1, 0.15) is 40.3 Å². The van der Waals surface area contributed by atoms with Gasteiger partial charge in [0.2, 0.25) is 11.8 Å². The molecular weight excluding hydrogens is 665 g/mol. The number of rotatable bonds is 6. The van der Waals surface area contributed by atoms with Crippen LogP contribution in [0.3, 0.4) is 0 Å². The van der Waals surface area contributed by atoms with E-state index in [1.165, 1.54) is 40.5 Å². The summed E-state index contributed by atoms with van der Waals surface area (Å²) in [6, 6.07) is 21.2. The third-order valence-electron chi connectivity index (χ3n) is 10.8. The Kier molecular flexibility index (Phi) is 7.49. The zero-order chi connectivity index (χ0) is 34.2. The van der Waals surface area contributed by atoms with Crippen LogP contribution < -0.4 is 5.43 Å². The van der Waals surface area contributed by atoms with E-state index in [1.807, 2.05) is 29.7 Å². The standard InChI is InChI=1S/C38H31ClFN3O5S/c1-20-17-21(4-15-31(20)44)33-27-13-14-28-32(36(47)42(34(28)45)19-26-3-2-16-49-26)29(27)18-30-35(46)43(41-25-11-9-24(40)10-12-25)37(48)38(30,33)22-5-7-23(39)8-6-22/h2-13,15-17,28-30,32-33,41,44H,14,18-19H2,1H3. The lowest BCUT2D eigenvalue weighted by molar-refractivity contribution is -0.141. The Balaban J connectivity index is 1.31. The summed E-state index contributed by atoms with van der Waals surface area (Å²) >= 11 is 7.82. The third kappa shape index (κ3) is 4.75. The summed E-state index contributed by atoms with van der Waals surface area (Å²) in [5, 5.41) is 13.9. The summed E-state index contributed by atoms with van der Waals surface area (Å²) in [7, 11) is 0. The number of allylic oxidation sites excluding steroid dienone is 2. The number of hydrogen-bond acceptors (Lipinski definition) is 7. The number of aromatic hydroxyl groups is 1. The van der Waals surface area contributed by atoms with Crippen LogP contribution in [0.25, 0.3) is 0 Å². The van der Waals surface area contributed by atoms with Crippen molar-refractivity contribution in [3.63, 3.8) is 0 Å². The van der Waals surface area contributed by atoms with Crippen LogP contribution in [0.2, 0.25) is 5.02 Å². The lowest BCUT2D eigenvalue weighted by Gasteiger charge is -2.50. The maximum atomic E-state index is 15.1. The number of phenols is 1. The summed E-state index contributed by atoms with van der Waals surface area (Å²) < 4.78 is 13.8. The molecule has 0 radical (unpaired) electrons. The van der Waals surface area contributed by atoms with Crippen molar-refractivity contribution in [3.8, 4) is 5.75 Å².